The standard InChI is InChI=1S/C12H17NO2/c1-12(2,3)13-7-9-4-5-10-11(6-9)15-8-14-10/h4-6,13H,7-8H2,1-3H3/p+1. The molecular weight excluding hydrogens is 190 g/mol. The van der Waals surface area contributed by atoms with E-state index in [1.54, 1.807) is 0 Å². The van der Waals surface area contributed by atoms with Gasteiger partial charge in [-0.15, -0.1) is 0 Å². The SMILES string of the molecule is CC(C)(C)[NH2+]Cc1ccc2c(c1)OCO2. The molecule has 0 radical (unpaired) electrons. The molecule has 0 fully saturated rings. The highest BCUT2D eigenvalue weighted by Crippen LogP contribution is 2.32. The van der Waals surface area contributed by atoms with E-state index in [1.165, 1.54) is 5.56 Å². The number of fused-ring (bicyclic) bond motifs is 1. The summed E-state index contributed by atoms with van der Waals surface area (Å²) in [6, 6.07) is 6.13. The van der Waals surface area contributed by atoms with E-state index in [0.29, 0.717) is 6.79 Å². The summed E-state index contributed by atoms with van der Waals surface area (Å²) in [6.07, 6.45) is 0. The molecule has 1 aromatic carbocycles. The maximum atomic E-state index is 5.33. The van der Waals surface area contributed by atoms with Crippen LogP contribution in [0.5, 0.6) is 11.5 Å². The van der Waals surface area contributed by atoms with Gasteiger partial charge in [0, 0.05) is 5.56 Å². The highest BCUT2D eigenvalue weighted by atomic mass is 16.7. The van der Waals surface area contributed by atoms with Crippen LogP contribution in [0.1, 0.15) is 26.3 Å². The van der Waals surface area contributed by atoms with Crippen LogP contribution in [0.2, 0.25) is 0 Å². The van der Waals surface area contributed by atoms with Gasteiger partial charge in [-0.1, -0.05) is 0 Å². The molecule has 1 aromatic rings. The number of nitrogens with two attached hydrogens (primary N) is 1. The second-order valence-electron chi connectivity index (χ2n) is 4.96. The van der Waals surface area contributed by atoms with E-state index in [4.69, 9.17) is 9.47 Å². The summed E-state index contributed by atoms with van der Waals surface area (Å²) in [5.74, 6) is 1.73. The molecule has 0 saturated carbocycles. The molecule has 0 aliphatic carbocycles. The van der Waals surface area contributed by atoms with Crippen molar-refractivity contribution < 1.29 is 14.8 Å². The number of ether oxygens (including phenoxy) is 2. The normalized spacial score (nSPS) is 14.3. The van der Waals surface area contributed by atoms with Gasteiger partial charge in [-0.2, -0.15) is 0 Å². The Hall–Kier alpha value is -1.22. The lowest BCUT2D eigenvalue weighted by molar-refractivity contribution is -0.731. The van der Waals surface area contributed by atoms with Crippen molar-refractivity contribution in [1.29, 1.82) is 0 Å². The van der Waals surface area contributed by atoms with Crippen molar-refractivity contribution in [2.24, 2.45) is 0 Å². The third-order valence-corrected chi connectivity index (χ3v) is 2.39. The number of rotatable bonds is 2. The van der Waals surface area contributed by atoms with Crippen LogP contribution in [-0.4, -0.2) is 12.3 Å². The topological polar surface area (TPSA) is 35.1 Å². The quantitative estimate of drug-likeness (QED) is 0.794. The van der Waals surface area contributed by atoms with Crippen molar-refractivity contribution in [3.05, 3.63) is 23.8 Å². The molecule has 82 valence electrons. The minimum atomic E-state index is 0.260. The van der Waals surface area contributed by atoms with E-state index in [1.807, 2.05) is 6.07 Å². The van der Waals surface area contributed by atoms with Crippen molar-refractivity contribution in [2.75, 3.05) is 6.79 Å². The molecule has 0 unspecified atom stereocenters. The van der Waals surface area contributed by atoms with E-state index in [0.717, 1.165) is 18.0 Å². The van der Waals surface area contributed by atoms with Gasteiger partial charge >= 0.3 is 0 Å². The van der Waals surface area contributed by atoms with Crippen LogP contribution in [0.3, 0.4) is 0 Å². The van der Waals surface area contributed by atoms with E-state index in [-0.39, 0.29) is 5.54 Å². The number of quaternary nitrogens is 1. The smallest absolute Gasteiger partial charge is 0.231 e. The van der Waals surface area contributed by atoms with Crippen molar-refractivity contribution >= 4 is 0 Å². The molecule has 0 spiro atoms. The average Bonchev–Trinajstić information content (AvgIpc) is 2.60. The summed E-state index contributed by atoms with van der Waals surface area (Å²) in [5.41, 5.74) is 1.53. The fraction of sp³-hybridized carbons (Fsp3) is 0.500. The Labute approximate surface area is 90.4 Å². The van der Waals surface area contributed by atoms with E-state index < -0.39 is 0 Å². The zero-order valence-electron chi connectivity index (χ0n) is 9.54. The lowest BCUT2D eigenvalue weighted by Gasteiger charge is -2.16. The maximum Gasteiger partial charge on any atom is 0.231 e. The molecule has 0 aromatic heterocycles. The van der Waals surface area contributed by atoms with Gasteiger partial charge in [-0.25, -0.2) is 0 Å². The molecule has 2 rings (SSSR count). The molecule has 3 nitrogen and oxygen atoms in total. The average molecular weight is 208 g/mol. The molecule has 0 amide bonds. The predicted octanol–water partition coefficient (Wildman–Crippen LogP) is 1.28. The Kier molecular flexibility index (Phi) is 2.57. The van der Waals surface area contributed by atoms with Crippen molar-refractivity contribution in [1.82, 2.24) is 0 Å². The minimum absolute atomic E-state index is 0.260. The van der Waals surface area contributed by atoms with Gasteiger partial charge in [0.1, 0.15) is 6.54 Å². The summed E-state index contributed by atoms with van der Waals surface area (Å²) in [7, 11) is 0. The number of hydrogen-bond donors (Lipinski definition) is 1. The summed E-state index contributed by atoms with van der Waals surface area (Å²) < 4.78 is 10.6. The van der Waals surface area contributed by atoms with Crippen molar-refractivity contribution in [2.45, 2.75) is 32.9 Å². The zero-order chi connectivity index (χ0) is 10.9. The van der Waals surface area contributed by atoms with Gasteiger partial charge in [0.2, 0.25) is 6.79 Å². The Morgan fingerprint density at radius 1 is 1.20 bits per heavy atom. The molecule has 0 atom stereocenters. The van der Waals surface area contributed by atoms with Crippen LogP contribution in [0.15, 0.2) is 18.2 Å². The van der Waals surface area contributed by atoms with Gasteiger partial charge in [-0.3, -0.25) is 0 Å². The maximum absolute atomic E-state index is 5.33. The monoisotopic (exact) mass is 208 g/mol. The fourth-order valence-corrected chi connectivity index (χ4v) is 1.49. The first kappa shape index (κ1) is 10.3. The summed E-state index contributed by atoms with van der Waals surface area (Å²) >= 11 is 0. The second-order valence-corrected chi connectivity index (χ2v) is 4.96. The Morgan fingerprint density at radius 2 is 1.93 bits per heavy atom. The van der Waals surface area contributed by atoms with E-state index in [2.05, 4.69) is 38.2 Å². The number of hydrogen-bond acceptors (Lipinski definition) is 2. The Bertz CT molecular complexity index is 355. The molecule has 2 N–H and O–H groups in total. The van der Waals surface area contributed by atoms with Crippen LogP contribution in [0, 0.1) is 0 Å². The third kappa shape index (κ3) is 2.63. The lowest BCUT2D eigenvalue weighted by atomic mass is 10.1. The lowest BCUT2D eigenvalue weighted by Crippen LogP contribution is -2.92. The van der Waals surface area contributed by atoms with E-state index >= 15 is 0 Å². The summed E-state index contributed by atoms with van der Waals surface area (Å²) in [4.78, 5) is 0. The van der Waals surface area contributed by atoms with Gasteiger partial charge in [-0.05, 0) is 39.0 Å². The number of benzene rings is 1. The predicted molar refractivity (Wildman–Crippen MR) is 57.9 cm³/mol. The molecular formula is C12H18NO2+. The zero-order valence-corrected chi connectivity index (χ0v) is 9.54. The fourth-order valence-electron chi connectivity index (χ4n) is 1.49. The molecule has 1 aliphatic heterocycles. The molecule has 15 heavy (non-hydrogen) atoms. The first-order valence-electron chi connectivity index (χ1n) is 5.27. The van der Waals surface area contributed by atoms with Crippen molar-refractivity contribution in [3.8, 4) is 11.5 Å². The first-order valence-corrected chi connectivity index (χ1v) is 5.27. The third-order valence-electron chi connectivity index (χ3n) is 2.39. The highest BCUT2D eigenvalue weighted by molar-refractivity contribution is 5.44. The van der Waals surface area contributed by atoms with Gasteiger partial charge < -0.3 is 14.8 Å². The molecule has 1 aliphatic rings. The minimum Gasteiger partial charge on any atom is -0.454 e. The van der Waals surface area contributed by atoms with Crippen molar-refractivity contribution in [3.63, 3.8) is 0 Å². The second kappa shape index (κ2) is 3.74. The molecule has 0 saturated heterocycles. The van der Waals surface area contributed by atoms with Crippen LogP contribution >= 0.6 is 0 Å². The molecule has 1 heterocycles. The largest absolute Gasteiger partial charge is 0.454 e. The Balaban J connectivity index is 2.04. The van der Waals surface area contributed by atoms with Gasteiger partial charge in [0.15, 0.2) is 11.5 Å². The van der Waals surface area contributed by atoms with Crippen LogP contribution in [-0.2, 0) is 6.54 Å². The van der Waals surface area contributed by atoms with E-state index in [9.17, 15) is 0 Å². The van der Waals surface area contributed by atoms with Crippen LogP contribution in [0.25, 0.3) is 0 Å². The van der Waals surface area contributed by atoms with Crippen LogP contribution < -0.4 is 14.8 Å². The highest BCUT2D eigenvalue weighted by Gasteiger charge is 2.16. The summed E-state index contributed by atoms with van der Waals surface area (Å²) in [6.45, 7) is 7.95. The van der Waals surface area contributed by atoms with Crippen LogP contribution in [0.4, 0.5) is 0 Å². The summed E-state index contributed by atoms with van der Waals surface area (Å²) in [5, 5.41) is 2.31. The van der Waals surface area contributed by atoms with Gasteiger partial charge in [0.05, 0.1) is 5.54 Å². The van der Waals surface area contributed by atoms with Gasteiger partial charge in [0.25, 0.3) is 0 Å². The molecule has 0 bridgehead atoms. The first-order chi connectivity index (χ1) is 7.04. The Morgan fingerprint density at radius 3 is 2.67 bits per heavy atom. The molecule has 3 heteroatoms.